The van der Waals surface area contributed by atoms with E-state index in [1.54, 1.807) is 0 Å². The van der Waals surface area contributed by atoms with Gasteiger partial charge in [-0.2, -0.15) is 18.2 Å². The third kappa shape index (κ3) is 2.93. The van der Waals surface area contributed by atoms with Crippen LogP contribution in [0.1, 0.15) is 18.1 Å². The Balaban J connectivity index is 2.24. The third-order valence-electron chi connectivity index (χ3n) is 2.85. The van der Waals surface area contributed by atoms with E-state index in [1.165, 1.54) is 20.2 Å². The Morgan fingerprint density at radius 2 is 2.18 bits per heavy atom. The molecule has 1 amide bonds. The molecule has 0 saturated carbocycles. The highest BCUT2D eigenvalue weighted by molar-refractivity contribution is 5.89. The number of carbonyl (C=O) groups is 1. The van der Waals surface area contributed by atoms with E-state index in [4.69, 9.17) is 0 Å². The first-order valence-electron chi connectivity index (χ1n) is 6.00. The van der Waals surface area contributed by atoms with E-state index in [0.717, 1.165) is 10.8 Å². The van der Waals surface area contributed by atoms with Crippen LogP contribution in [0.4, 0.5) is 19.2 Å². The molecule has 0 spiro atoms. The van der Waals surface area contributed by atoms with Crippen LogP contribution < -0.4 is 5.32 Å². The lowest BCUT2D eigenvalue weighted by atomic mass is 9.97. The topological polar surface area (TPSA) is 106 Å². The molecule has 0 bridgehead atoms. The first-order valence-corrected chi connectivity index (χ1v) is 6.00. The predicted molar refractivity (Wildman–Crippen MR) is 65.4 cm³/mol. The number of aryl methyl sites for hydroxylation is 2. The molecule has 2 heterocycles. The lowest BCUT2D eigenvalue weighted by Crippen LogP contribution is -2.46. The van der Waals surface area contributed by atoms with E-state index in [2.05, 4.69) is 19.6 Å². The maximum absolute atomic E-state index is 13.2. The third-order valence-corrected chi connectivity index (χ3v) is 2.85. The summed E-state index contributed by atoms with van der Waals surface area (Å²) in [5.41, 5.74) is -3.44. The number of hydrogen-bond acceptors (Lipinski definition) is 6. The zero-order chi connectivity index (χ0) is 16.5. The summed E-state index contributed by atoms with van der Waals surface area (Å²) < 4.78 is 45.2. The molecule has 2 aromatic rings. The zero-order valence-electron chi connectivity index (χ0n) is 11.5. The van der Waals surface area contributed by atoms with Crippen LogP contribution in [0.15, 0.2) is 16.9 Å². The van der Waals surface area contributed by atoms with Crippen LogP contribution in [0.5, 0.6) is 0 Å². The summed E-state index contributed by atoms with van der Waals surface area (Å²) in [5.74, 6) is -1.64. The van der Waals surface area contributed by atoms with Gasteiger partial charge in [-0.15, -0.1) is 0 Å². The van der Waals surface area contributed by atoms with Crippen molar-refractivity contribution >= 4 is 11.9 Å². The summed E-state index contributed by atoms with van der Waals surface area (Å²) in [7, 11) is 1.28. The van der Waals surface area contributed by atoms with Gasteiger partial charge in [-0.3, -0.25) is 10.1 Å². The molecule has 2 aromatic heterocycles. The van der Waals surface area contributed by atoms with Crippen molar-refractivity contribution in [1.29, 1.82) is 0 Å². The molecule has 2 rings (SSSR count). The number of hydrogen-bond donors (Lipinski definition) is 2. The van der Waals surface area contributed by atoms with Crippen molar-refractivity contribution in [2.45, 2.75) is 25.1 Å². The van der Waals surface area contributed by atoms with Gasteiger partial charge in [0, 0.05) is 19.4 Å². The summed E-state index contributed by atoms with van der Waals surface area (Å²) in [6.07, 6.45) is -4.09. The number of rotatable bonds is 4. The summed E-state index contributed by atoms with van der Waals surface area (Å²) in [6, 6.07) is -0.355. The van der Waals surface area contributed by atoms with Crippen molar-refractivity contribution in [2.75, 3.05) is 5.32 Å². The summed E-state index contributed by atoms with van der Waals surface area (Å²) in [5, 5.41) is 15.4. The molecule has 0 aromatic carbocycles. The highest BCUT2D eigenvalue weighted by atomic mass is 19.4. The van der Waals surface area contributed by atoms with Gasteiger partial charge in [0.2, 0.25) is 11.5 Å². The Labute approximate surface area is 122 Å². The van der Waals surface area contributed by atoms with E-state index < -0.39 is 29.9 Å². The Kier molecular flexibility index (Phi) is 3.92. The molecule has 8 nitrogen and oxygen atoms in total. The van der Waals surface area contributed by atoms with Gasteiger partial charge < -0.3 is 14.2 Å². The van der Waals surface area contributed by atoms with Crippen LogP contribution >= 0.6 is 0 Å². The highest BCUT2D eigenvalue weighted by Crippen LogP contribution is 2.40. The molecule has 0 saturated heterocycles. The van der Waals surface area contributed by atoms with E-state index in [0.29, 0.717) is 0 Å². The molecule has 120 valence electrons. The van der Waals surface area contributed by atoms with Crippen molar-refractivity contribution in [1.82, 2.24) is 19.7 Å². The molecule has 1 atom stereocenters. The fourth-order valence-electron chi connectivity index (χ4n) is 1.81. The number of nitrogens with zero attached hydrogens (tertiary/aromatic N) is 4. The predicted octanol–water partition coefficient (Wildman–Crippen LogP) is 0.890. The lowest BCUT2D eigenvalue weighted by molar-refractivity contribution is -0.270. The van der Waals surface area contributed by atoms with Crippen LogP contribution in [0.3, 0.4) is 0 Å². The second-order valence-electron chi connectivity index (χ2n) is 4.59. The fraction of sp³-hybridized carbons (Fsp3) is 0.455. The van der Waals surface area contributed by atoms with Crippen molar-refractivity contribution in [3.8, 4) is 0 Å². The second-order valence-corrected chi connectivity index (χ2v) is 4.59. The molecule has 22 heavy (non-hydrogen) atoms. The molecule has 0 fully saturated rings. The molecule has 0 aliphatic carbocycles. The molecule has 0 aliphatic heterocycles. The van der Waals surface area contributed by atoms with Gasteiger partial charge in [-0.1, -0.05) is 5.16 Å². The van der Waals surface area contributed by atoms with Crippen LogP contribution in [-0.4, -0.2) is 36.9 Å². The molecular weight excluding hydrogens is 307 g/mol. The van der Waals surface area contributed by atoms with Gasteiger partial charge in [-0.05, 0) is 6.92 Å². The quantitative estimate of drug-likeness (QED) is 0.867. The molecule has 1 unspecified atom stereocenters. The minimum Gasteiger partial charge on any atom is -0.374 e. The Morgan fingerprint density at radius 1 is 1.50 bits per heavy atom. The van der Waals surface area contributed by atoms with Crippen molar-refractivity contribution < 1.29 is 27.6 Å². The first kappa shape index (κ1) is 15.9. The summed E-state index contributed by atoms with van der Waals surface area (Å²) in [6.45, 7) is 1.47. The highest BCUT2D eigenvalue weighted by Gasteiger charge is 2.58. The number of imidazole rings is 1. The first-order chi connectivity index (χ1) is 10.1. The molecule has 0 radical (unpaired) electrons. The number of aromatic nitrogens is 4. The molecular formula is C11H12F3N5O3. The van der Waals surface area contributed by atoms with Crippen molar-refractivity contribution in [3.63, 3.8) is 0 Å². The van der Waals surface area contributed by atoms with Crippen LogP contribution in [0.2, 0.25) is 0 Å². The Hall–Kier alpha value is -2.43. The van der Waals surface area contributed by atoms with Gasteiger partial charge in [0.15, 0.2) is 11.6 Å². The van der Waals surface area contributed by atoms with E-state index in [1.807, 2.05) is 5.32 Å². The van der Waals surface area contributed by atoms with Gasteiger partial charge in [-0.25, -0.2) is 4.98 Å². The number of nitrogens with one attached hydrogen (secondary N) is 1. The van der Waals surface area contributed by atoms with Crippen molar-refractivity contribution in [2.24, 2.45) is 7.05 Å². The average Bonchev–Trinajstić information content (AvgIpc) is 2.96. The zero-order valence-corrected chi connectivity index (χ0v) is 11.5. The molecule has 11 heteroatoms. The Bertz CT molecular complexity index is 681. The fourth-order valence-corrected chi connectivity index (χ4v) is 1.81. The lowest BCUT2D eigenvalue weighted by Gasteiger charge is -2.29. The maximum Gasteiger partial charge on any atom is 0.425 e. The van der Waals surface area contributed by atoms with Crippen molar-refractivity contribution in [3.05, 3.63) is 24.0 Å². The SMILES string of the molecule is Cc1noc(NC(=O)CC(O)(c2nccn2C)C(F)(F)F)n1. The molecule has 2 N–H and O–H groups in total. The number of aliphatic hydroxyl groups is 1. The minimum absolute atomic E-state index is 0.200. The maximum atomic E-state index is 13.2. The minimum atomic E-state index is -5.10. The largest absolute Gasteiger partial charge is 0.425 e. The average molecular weight is 319 g/mol. The number of carbonyl (C=O) groups excluding carboxylic acids is 1. The normalized spacial score (nSPS) is 14.6. The number of alkyl halides is 3. The van der Waals surface area contributed by atoms with Crippen LogP contribution in [0, 0.1) is 6.92 Å². The van der Waals surface area contributed by atoms with E-state index in [9.17, 15) is 23.1 Å². The standard InChI is InChI=1S/C11H12F3N5O3/c1-6-16-9(22-18-6)17-7(20)5-10(21,11(12,13)14)8-15-3-4-19(8)2/h3-4,21H,5H2,1-2H3,(H,16,17,18,20). The van der Waals surface area contributed by atoms with E-state index in [-0.39, 0.29) is 11.8 Å². The summed E-state index contributed by atoms with van der Waals surface area (Å²) >= 11 is 0. The van der Waals surface area contributed by atoms with E-state index >= 15 is 0 Å². The van der Waals surface area contributed by atoms with Gasteiger partial charge in [0.1, 0.15) is 0 Å². The monoisotopic (exact) mass is 319 g/mol. The van der Waals surface area contributed by atoms with Gasteiger partial charge in [0.05, 0.1) is 6.42 Å². The van der Waals surface area contributed by atoms with Gasteiger partial charge in [0.25, 0.3) is 0 Å². The smallest absolute Gasteiger partial charge is 0.374 e. The summed E-state index contributed by atoms with van der Waals surface area (Å²) in [4.78, 5) is 18.9. The number of anilines is 1. The van der Waals surface area contributed by atoms with Crippen LogP contribution in [0.25, 0.3) is 0 Å². The number of halogens is 3. The second kappa shape index (κ2) is 5.40. The Morgan fingerprint density at radius 3 is 2.64 bits per heavy atom. The molecule has 0 aliphatic rings. The van der Waals surface area contributed by atoms with Gasteiger partial charge >= 0.3 is 12.2 Å². The van der Waals surface area contributed by atoms with Crippen LogP contribution in [-0.2, 0) is 17.4 Å². The number of amides is 1.